The molecular formula is C17H22N2O4. The molecule has 1 amide bonds. The fraction of sp³-hybridized carbons (Fsp3) is 0.471. The average molecular weight is 318 g/mol. The first-order valence-electron chi connectivity index (χ1n) is 7.20. The van der Waals surface area contributed by atoms with Gasteiger partial charge < -0.3 is 15.2 Å². The Morgan fingerprint density at radius 1 is 1.17 bits per heavy atom. The molecule has 23 heavy (non-hydrogen) atoms. The molecular weight excluding hydrogens is 296 g/mol. The Bertz CT molecular complexity index is 621. The molecule has 1 atom stereocenters. The van der Waals surface area contributed by atoms with E-state index in [0.717, 1.165) is 0 Å². The van der Waals surface area contributed by atoms with Gasteiger partial charge in [-0.25, -0.2) is 4.79 Å². The Balaban J connectivity index is 3.14. The van der Waals surface area contributed by atoms with Crippen molar-refractivity contribution in [2.75, 3.05) is 0 Å². The number of nitrogens with zero attached hydrogens (tertiary/aromatic N) is 1. The first-order chi connectivity index (χ1) is 10.5. The molecule has 124 valence electrons. The molecule has 0 bridgehead atoms. The van der Waals surface area contributed by atoms with Crippen LogP contribution >= 0.6 is 0 Å². The van der Waals surface area contributed by atoms with E-state index in [-0.39, 0.29) is 0 Å². The van der Waals surface area contributed by atoms with E-state index in [1.807, 2.05) is 6.07 Å². The number of alkyl carbamates (subject to hydrolysis) is 1. The lowest BCUT2D eigenvalue weighted by atomic mass is 9.80. The number of carboxylic acids is 1. The normalized spacial score (nSPS) is 12.9. The molecule has 1 aromatic rings. The molecule has 2 N–H and O–H groups in total. The minimum Gasteiger partial charge on any atom is -0.481 e. The summed E-state index contributed by atoms with van der Waals surface area (Å²) in [6.45, 7) is 8.23. The summed E-state index contributed by atoms with van der Waals surface area (Å²) in [5, 5.41) is 21.0. The molecule has 0 aliphatic rings. The summed E-state index contributed by atoms with van der Waals surface area (Å²) in [5.41, 5.74) is -0.905. The SMILES string of the molecule is CC(C)(C)OC(=O)N[C@@H](c1ccc(C#N)cc1)C(C)(C)C(=O)O. The van der Waals surface area contributed by atoms with Crippen molar-refractivity contribution in [2.45, 2.75) is 46.3 Å². The maximum atomic E-state index is 12.1. The molecule has 0 heterocycles. The maximum absolute atomic E-state index is 12.1. The summed E-state index contributed by atoms with van der Waals surface area (Å²) in [6, 6.07) is 7.62. The van der Waals surface area contributed by atoms with Gasteiger partial charge in [0.05, 0.1) is 23.1 Å². The number of rotatable bonds is 4. The average Bonchev–Trinajstić information content (AvgIpc) is 2.42. The van der Waals surface area contributed by atoms with E-state index in [9.17, 15) is 14.7 Å². The van der Waals surface area contributed by atoms with Gasteiger partial charge in [0, 0.05) is 0 Å². The second-order valence-electron chi connectivity index (χ2n) is 6.84. The zero-order valence-electron chi connectivity index (χ0n) is 14.0. The molecule has 1 rings (SSSR count). The van der Waals surface area contributed by atoms with Crippen LogP contribution in [0.4, 0.5) is 4.79 Å². The minimum absolute atomic E-state index is 0.456. The number of carboxylic acid groups (broad SMARTS) is 1. The molecule has 0 spiro atoms. The van der Waals surface area contributed by atoms with E-state index < -0.39 is 29.1 Å². The molecule has 0 saturated heterocycles. The molecule has 0 aliphatic carbocycles. The summed E-state index contributed by atoms with van der Waals surface area (Å²) in [4.78, 5) is 23.6. The predicted molar refractivity (Wildman–Crippen MR) is 84.7 cm³/mol. The Morgan fingerprint density at radius 2 is 1.70 bits per heavy atom. The van der Waals surface area contributed by atoms with Gasteiger partial charge in [-0.1, -0.05) is 12.1 Å². The van der Waals surface area contributed by atoms with Crippen molar-refractivity contribution in [1.29, 1.82) is 5.26 Å². The van der Waals surface area contributed by atoms with Crippen LogP contribution in [-0.4, -0.2) is 22.8 Å². The van der Waals surface area contributed by atoms with Gasteiger partial charge in [-0.2, -0.15) is 5.26 Å². The minimum atomic E-state index is -1.26. The van der Waals surface area contributed by atoms with E-state index in [1.54, 1.807) is 45.0 Å². The summed E-state index contributed by atoms with van der Waals surface area (Å²) >= 11 is 0. The standard InChI is InChI=1S/C17H22N2O4/c1-16(2,3)23-15(22)19-13(17(4,5)14(20)21)12-8-6-11(10-18)7-9-12/h6-9,13H,1-5H3,(H,19,22)(H,20,21)/t13-/m0/s1. The largest absolute Gasteiger partial charge is 0.481 e. The molecule has 0 radical (unpaired) electrons. The van der Waals surface area contributed by atoms with Crippen molar-refractivity contribution in [2.24, 2.45) is 5.41 Å². The van der Waals surface area contributed by atoms with Crippen molar-refractivity contribution in [3.8, 4) is 6.07 Å². The molecule has 0 aromatic heterocycles. The first kappa shape index (κ1) is 18.5. The smallest absolute Gasteiger partial charge is 0.408 e. The van der Waals surface area contributed by atoms with Crippen LogP contribution in [0.2, 0.25) is 0 Å². The highest BCUT2D eigenvalue weighted by Gasteiger charge is 2.39. The molecule has 0 fully saturated rings. The fourth-order valence-electron chi connectivity index (χ4n) is 1.98. The van der Waals surface area contributed by atoms with Crippen molar-refractivity contribution in [3.63, 3.8) is 0 Å². The van der Waals surface area contributed by atoms with Gasteiger partial charge in [0.15, 0.2) is 0 Å². The fourth-order valence-corrected chi connectivity index (χ4v) is 1.98. The molecule has 6 heteroatoms. The highest BCUT2D eigenvalue weighted by atomic mass is 16.6. The predicted octanol–water partition coefficient (Wildman–Crippen LogP) is 3.23. The number of aliphatic carboxylic acids is 1. The number of amides is 1. The number of carbonyl (C=O) groups excluding carboxylic acids is 1. The van der Waals surface area contributed by atoms with Crippen LogP contribution in [0.25, 0.3) is 0 Å². The second kappa shape index (κ2) is 6.69. The lowest BCUT2D eigenvalue weighted by Gasteiger charge is -2.32. The number of hydrogen-bond acceptors (Lipinski definition) is 4. The first-order valence-corrected chi connectivity index (χ1v) is 7.20. The summed E-state index contributed by atoms with van der Waals surface area (Å²) in [7, 11) is 0. The van der Waals surface area contributed by atoms with E-state index >= 15 is 0 Å². The second-order valence-corrected chi connectivity index (χ2v) is 6.84. The van der Waals surface area contributed by atoms with E-state index in [4.69, 9.17) is 10.00 Å². The van der Waals surface area contributed by atoms with Gasteiger partial charge in [0.1, 0.15) is 5.60 Å². The van der Waals surface area contributed by atoms with Crippen molar-refractivity contribution in [1.82, 2.24) is 5.32 Å². The number of ether oxygens (including phenoxy) is 1. The Morgan fingerprint density at radius 3 is 2.09 bits per heavy atom. The van der Waals surface area contributed by atoms with E-state index in [2.05, 4.69) is 5.32 Å². The topological polar surface area (TPSA) is 99.4 Å². The van der Waals surface area contributed by atoms with Gasteiger partial charge >= 0.3 is 12.1 Å². The van der Waals surface area contributed by atoms with Crippen LogP contribution in [0.5, 0.6) is 0 Å². The van der Waals surface area contributed by atoms with E-state index in [0.29, 0.717) is 11.1 Å². The lowest BCUT2D eigenvalue weighted by Crippen LogP contribution is -2.44. The summed E-state index contributed by atoms with van der Waals surface area (Å²) in [5.74, 6) is -1.05. The van der Waals surface area contributed by atoms with E-state index in [1.165, 1.54) is 13.8 Å². The zero-order chi connectivity index (χ0) is 17.8. The molecule has 6 nitrogen and oxygen atoms in total. The van der Waals surface area contributed by atoms with Gasteiger partial charge in [0.2, 0.25) is 0 Å². The van der Waals surface area contributed by atoms with Gasteiger partial charge in [-0.3, -0.25) is 4.79 Å². The third kappa shape index (κ3) is 4.99. The number of benzene rings is 1. The van der Waals surface area contributed by atoms with Crippen LogP contribution in [-0.2, 0) is 9.53 Å². The maximum Gasteiger partial charge on any atom is 0.408 e. The molecule has 0 unspecified atom stereocenters. The number of carbonyl (C=O) groups is 2. The number of hydrogen-bond donors (Lipinski definition) is 2. The monoisotopic (exact) mass is 318 g/mol. The van der Waals surface area contributed by atoms with Crippen LogP contribution in [0.3, 0.4) is 0 Å². The van der Waals surface area contributed by atoms with Gasteiger partial charge in [0.25, 0.3) is 0 Å². The number of nitrogens with one attached hydrogen (secondary N) is 1. The third-order valence-corrected chi connectivity index (χ3v) is 3.31. The third-order valence-electron chi connectivity index (χ3n) is 3.31. The molecule has 0 aliphatic heterocycles. The van der Waals surface area contributed by atoms with Crippen molar-refractivity contribution < 1.29 is 19.4 Å². The molecule has 1 aromatic carbocycles. The van der Waals surface area contributed by atoms with Crippen molar-refractivity contribution >= 4 is 12.1 Å². The quantitative estimate of drug-likeness (QED) is 0.887. The summed E-state index contributed by atoms with van der Waals surface area (Å²) in [6.07, 6.45) is -0.693. The van der Waals surface area contributed by atoms with Gasteiger partial charge in [-0.05, 0) is 52.3 Å². The van der Waals surface area contributed by atoms with Crippen LogP contribution in [0.1, 0.15) is 51.8 Å². The van der Waals surface area contributed by atoms with Crippen molar-refractivity contribution in [3.05, 3.63) is 35.4 Å². The van der Waals surface area contributed by atoms with Crippen LogP contribution in [0.15, 0.2) is 24.3 Å². The highest BCUT2D eigenvalue weighted by molar-refractivity contribution is 5.77. The summed E-state index contributed by atoms with van der Waals surface area (Å²) < 4.78 is 5.21. The highest BCUT2D eigenvalue weighted by Crippen LogP contribution is 2.34. The lowest BCUT2D eigenvalue weighted by molar-refractivity contribution is -0.148. The van der Waals surface area contributed by atoms with Crippen LogP contribution in [0, 0.1) is 16.7 Å². The number of nitriles is 1. The molecule has 0 saturated carbocycles. The Kier molecular flexibility index (Phi) is 5.38. The van der Waals surface area contributed by atoms with Crippen LogP contribution < -0.4 is 5.32 Å². The zero-order valence-corrected chi connectivity index (χ0v) is 14.0. The Hall–Kier alpha value is -2.55. The van der Waals surface area contributed by atoms with Gasteiger partial charge in [-0.15, -0.1) is 0 Å². The Labute approximate surface area is 136 Å².